The molecule has 30 heavy (non-hydrogen) atoms. The maximum absolute atomic E-state index is 4.71. The summed E-state index contributed by atoms with van der Waals surface area (Å²) in [5.74, 6) is 2.68. The molecule has 0 aromatic carbocycles. The summed E-state index contributed by atoms with van der Waals surface area (Å²) in [5, 5.41) is 6.80. The molecule has 1 aliphatic heterocycles. The minimum absolute atomic E-state index is 0. The molecular formula is C22H36IN7. The molecule has 1 unspecified atom stereocenters. The maximum Gasteiger partial charge on any atom is 0.191 e. The molecule has 0 amide bonds. The molecular weight excluding hydrogens is 489 g/mol. The molecule has 7 nitrogen and oxygen atoms in total. The first-order chi connectivity index (χ1) is 14.2. The average Bonchev–Trinajstić information content (AvgIpc) is 3.16. The van der Waals surface area contributed by atoms with E-state index in [0.717, 1.165) is 55.3 Å². The fraction of sp³-hybridized carbons (Fsp3) is 0.591. The number of likely N-dealkylation sites (tertiary alicyclic amines) is 1. The van der Waals surface area contributed by atoms with Crippen molar-refractivity contribution >= 4 is 29.9 Å². The van der Waals surface area contributed by atoms with Crippen molar-refractivity contribution in [2.45, 2.75) is 59.0 Å². The predicted octanol–water partition coefficient (Wildman–Crippen LogP) is 3.51. The Labute approximate surface area is 197 Å². The first-order valence-corrected chi connectivity index (χ1v) is 10.9. The van der Waals surface area contributed by atoms with Crippen LogP contribution < -0.4 is 10.6 Å². The zero-order valence-corrected chi connectivity index (χ0v) is 20.8. The zero-order chi connectivity index (χ0) is 20.5. The third-order valence-corrected chi connectivity index (χ3v) is 5.50. The quantitative estimate of drug-likeness (QED) is 0.239. The molecule has 1 aliphatic rings. The summed E-state index contributed by atoms with van der Waals surface area (Å²) in [6.07, 6.45) is 10.8. The van der Waals surface area contributed by atoms with Crippen molar-refractivity contribution < 1.29 is 0 Å². The van der Waals surface area contributed by atoms with Gasteiger partial charge in [-0.1, -0.05) is 12.5 Å². The molecule has 1 fully saturated rings. The zero-order valence-electron chi connectivity index (χ0n) is 18.5. The number of hydrogen-bond donors (Lipinski definition) is 2. The molecule has 0 radical (unpaired) electrons. The van der Waals surface area contributed by atoms with Gasteiger partial charge in [-0.2, -0.15) is 0 Å². The van der Waals surface area contributed by atoms with Gasteiger partial charge in [0.1, 0.15) is 11.6 Å². The molecule has 2 aromatic rings. The van der Waals surface area contributed by atoms with Crippen LogP contribution >= 0.6 is 24.0 Å². The lowest BCUT2D eigenvalue weighted by Crippen LogP contribution is -2.41. The van der Waals surface area contributed by atoms with Crippen LogP contribution in [0.3, 0.4) is 0 Å². The highest BCUT2D eigenvalue weighted by molar-refractivity contribution is 14.0. The number of guanidine groups is 1. The Morgan fingerprint density at radius 3 is 2.77 bits per heavy atom. The maximum atomic E-state index is 4.71. The Morgan fingerprint density at radius 1 is 1.23 bits per heavy atom. The van der Waals surface area contributed by atoms with Gasteiger partial charge in [-0.05, 0) is 58.2 Å². The normalized spacial score (nSPS) is 17.4. The summed E-state index contributed by atoms with van der Waals surface area (Å²) < 4.78 is 1.97. The van der Waals surface area contributed by atoms with Crippen LogP contribution in [0.4, 0.5) is 0 Å². The molecule has 2 aromatic heterocycles. The SMILES string of the molecule is CCNC(=NCc1ccc(-n2ccnc2C)nc1)NCCCN1CCCCC1C.I. The van der Waals surface area contributed by atoms with Gasteiger partial charge in [0.25, 0.3) is 0 Å². The van der Waals surface area contributed by atoms with E-state index in [-0.39, 0.29) is 24.0 Å². The lowest BCUT2D eigenvalue weighted by Gasteiger charge is -2.33. The van der Waals surface area contributed by atoms with Crippen LogP contribution in [-0.2, 0) is 6.54 Å². The third-order valence-electron chi connectivity index (χ3n) is 5.50. The van der Waals surface area contributed by atoms with Gasteiger partial charge in [-0.25, -0.2) is 15.0 Å². The van der Waals surface area contributed by atoms with Crippen LogP contribution in [0, 0.1) is 6.92 Å². The highest BCUT2D eigenvalue weighted by Crippen LogP contribution is 2.16. The van der Waals surface area contributed by atoms with Crippen LogP contribution in [0.25, 0.3) is 5.82 Å². The highest BCUT2D eigenvalue weighted by Gasteiger charge is 2.17. The van der Waals surface area contributed by atoms with Gasteiger partial charge < -0.3 is 15.5 Å². The number of imidazole rings is 1. The summed E-state index contributed by atoms with van der Waals surface area (Å²) in [6, 6.07) is 4.82. The van der Waals surface area contributed by atoms with Crippen molar-refractivity contribution in [3.63, 3.8) is 0 Å². The molecule has 166 valence electrons. The third kappa shape index (κ3) is 7.23. The molecule has 1 atom stereocenters. The number of rotatable bonds is 8. The van der Waals surface area contributed by atoms with Crippen LogP contribution in [0.2, 0.25) is 0 Å². The van der Waals surface area contributed by atoms with E-state index in [9.17, 15) is 0 Å². The minimum atomic E-state index is 0. The number of nitrogens with one attached hydrogen (secondary N) is 2. The van der Waals surface area contributed by atoms with E-state index >= 15 is 0 Å². The Balaban J connectivity index is 0.00000320. The van der Waals surface area contributed by atoms with E-state index in [1.54, 1.807) is 6.20 Å². The van der Waals surface area contributed by atoms with Crippen molar-refractivity contribution in [1.29, 1.82) is 0 Å². The van der Waals surface area contributed by atoms with Crippen LogP contribution in [0.5, 0.6) is 0 Å². The highest BCUT2D eigenvalue weighted by atomic mass is 127. The topological polar surface area (TPSA) is 70.4 Å². The molecule has 3 rings (SSSR count). The minimum Gasteiger partial charge on any atom is -0.357 e. The van der Waals surface area contributed by atoms with Gasteiger partial charge in [-0.3, -0.25) is 4.57 Å². The number of piperidine rings is 1. The standard InChI is InChI=1S/C22H35N7.HI/c1-4-23-22(25-11-7-14-28-13-6-5-8-18(28)2)27-17-20-9-10-21(26-16-20)29-15-12-24-19(29)3;/h9-10,12,15-16,18H,4-8,11,13-14,17H2,1-3H3,(H2,23,25,27);1H. The average molecular weight is 525 g/mol. The number of halogens is 1. The van der Waals surface area contributed by atoms with Crippen molar-refractivity contribution in [2.24, 2.45) is 4.99 Å². The fourth-order valence-corrected chi connectivity index (χ4v) is 3.76. The lowest BCUT2D eigenvalue weighted by atomic mass is 10.0. The number of aryl methyl sites for hydroxylation is 1. The first-order valence-electron chi connectivity index (χ1n) is 10.9. The Hall–Kier alpha value is -1.68. The molecule has 3 heterocycles. The van der Waals surface area contributed by atoms with Crippen LogP contribution in [-0.4, -0.2) is 57.6 Å². The largest absolute Gasteiger partial charge is 0.357 e. The fourth-order valence-electron chi connectivity index (χ4n) is 3.76. The molecule has 0 saturated carbocycles. The molecule has 1 saturated heterocycles. The van der Waals surface area contributed by atoms with Crippen molar-refractivity contribution in [3.8, 4) is 5.82 Å². The molecule has 0 bridgehead atoms. The van der Waals surface area contributed by atoms with E-state index in [2.05, 4.69) is 45.4 Å². The van der Waals surface area contributed by atoms with Gasteiger partial charge in [0, 0.05) is 44.3 Å². The Kier molecular flexibility index (Phi) is 10.6. The van der Waals surface area contributed by atoms with E-state index < -0.39 is 0 Å². The molecule has 0 aliphatic carbocycles. The number of aromatic nitrogens is 3. The van der Waals surface area contributed by atoms with Gasteiger partial charge in [0.15, 0.2) is 5.96 Å². The van der Waals surface area contributed by atoms with Gasteiger partial charge >= 0.3 is 0 Å². The second-order valence-corrected chi connectivity index (χ2v) is 7.73. The summed E-state index contributed by atoms with van der Waals surface area (Å²) in [4.78, 5) is 16.1. The van der Waals surface area contributed by atoms with Crippen LogP contribution in [0.1, 0.15) is 50.9 Å². The lowest BCUT2D eigenvalue weighted by molar-refractivity contribution is 0.159. The summed E-state index contributed by atoms with van der Waals surface area (Å²) in [6.45, 7) is 11.2. The van der Waals surface area contributed by atoms with Gasteiger partial charge in [0.2, 0.25) is 0 Å². The van der Waals surface area contributed by atoms with Gasteiger partial charge in [-0.15, -0.1) is 24.0 Å². The Morgan fingerprint density at radius 2 is 2.10 bits per heavy atom. The smallest absolute Gasteiger partial charge is 0.191 e. The second-order valence-electron chi connectivity index (χ2n) is 7.73. The molecule has 0 spiro atoms. The number of aliphatic imine (C=N–C) groups is 1. The van der Waals surface area contributed by atoms with E-state index in [0.29, 0.717) is 6.54 Å². The van der Waals surface area contributed by atoms with Crippen molar-refractivity contribution in [1.82, 2.24) is 30.1 Å². The van der Waals surface area contributed by atoms with Gasteiger partial charge in [0.05, 0.1) is 6.54 Å². The van der Waals surface area contributed by atoms with Crippen LogP contribution in [0.15, 0.2) is 35.7 Å². The van der Waals surface area contributed by atoms with Crippen molar-refractivity contribution in [3.05, 3.63) is 42.1 Å². The number of nitrogens with zero attached hydrogens (tertiary/aromatic N) is 5. The summed E-state index contributed by atoms with van der Waals surface area (Å²) in [7, 11) is 0. The number of hydrogen-bond acceptors (Lipinski definition) is 4. The van der Waals surface area contributed by atoms with E-state index in [1.807, 2.05) is 30.0 Å². The predicted molar refractivity (Wildman–Crippen MR) is 134 cm³/mol. The first kappa shape index (κ1) is 24.6. The van der Waals surface area contributed by atoms with E-state index in [1.165, 1.54) is 25.8 Å². The number of pyridine rings is 1. The molecule has 8 heteroatoms. The monoisotopic (exact) mass is 525 g/mol. The molecule has 2 N–H and O–H groups in total. The second kappa shape index (κ2) is 12.9. The summed E-state index contributed by atoms with van der Waals surface area (Å²) in [5.41, 5.74) is 1.09. The van der Waals surface area contributed by atoms with Crippen molar-refractivity contribution in [2.75, 3.05) is 26.2 Å². The Bertz CT molecular complexity index is 772. The summed E-state index contributed by atoms with van der Waals surface area (Å²) >= 11 is 0. The van der Waals surface area contributed by atoms with E-state index in [4.69, 9.17) is 4.99 Å².